The van der Waals surface area contributed by atoms with Crippen LogP contribution in [-0.2, 0) is 4.79 Å². The summed E-state index contributed by atoms with van der Waals surface area (Å²) in [7, 11) is 0. The zero-order valence-corrected chi connectivity index (χ0v) is 14.3. The van der Waals surface area contributed by atoms with Gasteiger partial charge >= 0.3 is 0 Å². The van der Waals surface area contributed by atoms with Crippen LogP contribution in [0.25, 0.3) is 0 Å². The lowest BCUT2D eigenvalue weighted by atomic mass is 10.2. The van der Waals surface area contributed by atoms with Crippen LogP contribution < -0.4 is 10.6 Å². The summed E-state index contributed by atoms with van der Waals surface area (Å²) in [6, 6.07) is 10.7. The standard InChI is InChI=1S/C15H13BrCl2N2O/c1-9-2-4-11(7-12(9)16)19-8-15(21)20-14-6-10(17)3-5-13(14)18/h2-7,19H,8H2,1H3,(H,20,21). The monoisotopic (exact) mass is 386 g/mol. The lowest BCUT2D eigenvalue weighted by molar-refractivity contribution is -0.114. The Hall–Kier alpha value is -1.23. The second-order valence-corrected chi connectivity index (χ2v) is 6.19. The summed E-state index contributed by atoms with van der Waals surface area (Å²) in [4.78, 5) is 11.9. The van der Waals surface area contributed by atoms with Gasteiger partial charge in [0.1, 0.15) is 0 Å². The van der Waals surface area contributed by atoms with Gasteiger partial charge in [0.15, 0.2) is 0 Å². The Labute approximate surface area is 141 Å². The van der Waals surface area contributed by atoms with Crippen molar-refractivity contribution in [2.75, 3.05) is 17.2 Å². The number of carbonyl (C=O) groups is 1. The molecule has 2 aromatic rings. The van der Waals surface area contributed by atoms with Crippen molar-refractivity contribution >= 4 is 56.4 Å². The quantitative estimate of drug-likeness (QED) is 0.764. The van der Waals surface area contributed by atoms with Crippen LogP contribution in [0.5, 0.6) is 0 Å². The molecule has 0 fully saturated rings. The molecule has 0 aliphatic rings. The van der Waals surface area contributed by atoms with Crippen LogP contribution in [0.3, 0.4) is 0 Å². The maximum absolute atomic E-state index is 11.9. The molecule has 0 aromatic heterocycles. The fraction of sp³-hybridized carbons (Fsp3) is 0.133. The van der Waals surface area contributed by atoms with Gasteiger partial charge in [0, 0.05) is 15.2 Å². The average molecular weight is 388 g/mol. The molecule has 0 radical (unpaired) electrons. The van der Waals surface area contributed by atoms with E-state index in [0.717, 1.165) is 15.7 Å². The third-order valence-corrected chi connectivity index (χ3v) is 4.25. The van der Waals surface area contributed by atoms with Gasteiger partial charge in [-0.25, -0.2) is 0 Å². The highest BCUT2D eigenvalue weighted by Crippen LogP contribution is 2.25. The summed E-state index contributed by atoms with van der Waals surface area (Å²) in [5, 5.41) is 6.73. The SMILES string of the molecule is Cc1ccc(NCC(=O)Nc2cc(Cl)ccc2Cl)cc1Br. The molecule has 21 heavy (non-hydrogen) atoms. The Kier molecular flexibility index (Phi) is 5.51. The van der Waals surface area contributed by atoms with Gasteiger partial charge < -0.3 is 10.6 Å². The van der Waals surface area contributed by atoms with Gasteiger partial charge in [-0.2, -0.15) is 0 Å². The summed E-state index contributed by atoms with van der Waals surface area (Å²) >= 11 is 15.3. The summed E-state index contributed by atoms with van der Waals surface area (Å²) in [5.74, 6) is -0.198. The van der Waals surface area contributed by atoms with Crippen LogP contribution in [0.2, 0.25) is 10.0 Å². The van der Waals surface area contributed by atoms with Gasteiger partial charge in [-0.3, -0.25) is 4.79 Å². The molecule has 2 rings (SSSR count). The summed E-state index contributed by atoms with van der Waals surface area (Å²) in [5.41, 5.74) is 2.50. The van der Waals surface area contributed by atoms with E-state index in [1.54, 1.807) is 18.2 Å². The highest BCUT2D eigenvalue weighted by Gasteiger charge is 2.07. The van der Waals surface area contributed by atoms with E-state index in [9.17, 15) is 4.79 Å². The lowest BCUT2D eigenvalue weighted by Crippen LogP contribution is -2.21. The summed E-state index contributed by atoms with van der Waals surface area (Å²) in [6.45, 7) is 2.14. The number of rotatable bonds is 4. The zero-order valence-electron chi connectivity index (χ0n) is 11.2. The first kappa shape index (κ1) is 16.1. The van der Waals surface area contributed by atoms with Crippen molar-refractivity contribution < 1.29 is 4.79 Å². The van der Waals surface area contributed by atoms with Crippen LogP contribution in [-0.4, -0.2) is 12.5 Å². The number of aryl methyl sites for hydroxylation is 1. The van der Waals surface area contributed by atoms with Crippen LogP contribution in [0.15, 0.2) is 40.9 Å². The molecule has 0 aliphatic carbocycles. The Bertz CT molecular complexity index is 677. The third-order valence-electron chi connectivity index (χ3n) is 2.83. The van der Waals surface area contributed by atoms with E-state index in [2.05, 4.69) is 26.6 Å². The molecule has 1 amide bonds. The van der Waals surface area contributed by atoms with Gasteiger partial charge in [-0.15, -0.1) is 0 Å². The van der Waals surface area contributed by atoms with E-state index in [-0.39, 0.29) is 12.5 Å². The number of carbonyl (C=O) groups excluding carboxylic acids is 1. The molecule has 0 unspecified atom stereocenters. The number of hydrogen-bond acceptors (Lipinski definition) is 2. The lowest BCUT2D eigenvalue weighted by Gasteiger charge is -2.10. The minimum absolute atomic E-state index is 0.137. The molecule has 0 bridgehead atoms. The summed E-state index contributed by atoms with van der Waals surface area (Å²) < 4.78 is 0.991. The molecule has 2 aromatic carbocycles. The van der Waals surface area contributed by atoms with Gasteiger partial charge in [-0.05, 0) is 42.8 Å². The van der Waals surface area contributed by atoms with Crippen molar-refractivity contribution in [3.05, 3.63) is 56.5 Å². The van der Waals surface area contributed by atoms with E-state index >= 15 is 0 Å². The Morgan fingerprint density at radius 3 is 2.67 bits per heavy atom. The topological polar surface area (TPSA) is 41.1 Å². The molecule has 0 aliphatic heterocycles. The van der Waals surface area contributed by atoms with Crippen LogP contribution in [0.1, 0.15) is 5.56 Å². The molecule has 0 heterocycles. The van der Waals surface area contributed by atoms with E-state index < -0.39 is 0 Å². The molecular weight excluding hydrogens is 375 g/mol. The largest absolute Gasteiger partial charge is 0.376 e. The third kappa shape index (κ3) is 4.63. The molecule has 2 N–H and O–H groups in total. The predicted octanol–water partition coefficient (Wildman–Crippen LogP) is 5.11. The first-order chi connectivity index (χ1) is 9.95. The molecule has 0 spiro atoms. The number of amides is 1. The van der Waals surface area contributed by atoms with Gasteiger partial charge in [0.2, 0.25) is 5.91 Å². The first-order valence-corrected chi connectivity index (χ1v) is 7.75. The minimum atomic E-state index is -0.198. The Balaban J connectivity index is 1.95. The summed E-state index contributed by atoms with van der Waals surface area (Å²) in [6.07, 6.45) is 0. The van der Waals surface area contributed by atoms with E-state index in [1.165, 1.54) is 0 Å². The van der Waals surface area contributed by atoms with Crippen molar-refractivity contribution in [2.24, 2.45) is 0 Å². The van der Waals surface area contributed by atoms with Gasteiger partial charge in [0.25, 0.3) is 0 Å². The Morgan fingerprint density at radius 2 is 1.95 bits per heavy atom. The van der Waals surface area contributed by atoms with Gasteiger partial charge in [0.05, 0.1) is 17.3 Å². The highest BCUT2D eigenvalue weighted by molar-refractivity contribution is 9.10. The predicted molar refractivity (Wildman–Crippen MR) is 92.5 cm³/mol. The van der Waals surface area contributed by atoms with Crippen molar-refractivity contribution in [1.29, 1.82) is 0 Å². The fourth-order valence-electron chi connectivity index (χ4n) is 1.67. The zero-order chi connectivity index (χ0) is 15.4. The molecule has 3 nitrogen and oxygen atoms in total. The van der Waals surface area contributed by atoms with Crippen LogP contribution >= 0.6 is 39.1 Å². The number of benzene rings is 2. The molecular formula is C15H13BrCl2N2O. The van der Waals surface area contributed by atoms with Crippen LogP contribution in [0.4, 0.5) is 11.4 Å². The molecule has 0 atom stereocenters. The maximum atomic E-state index is 11.9. The highest BCUT2D eigenvalue weighted by atomic mass is 79.9. The smallest absolute Gasteiger partial charge is 0.243 e. The van der Waals surface area contributed by atoms with Gasteiger partial charge in [-0.1, -0.05) is 45.2 Å². The molecule has 110 valence electrons. The second kappa shape index (κ2) is 7.16. The maximum Gasteiger partial charge on any atom is 0.243 e. The van der Waals surface area contributed by atoms with Crippen molar-refractivity contribution in [3.63, 3.8) is 0 Å². The number of halogens is 3. The van der Waals surface area contributed by atoms with Crippen LogP contribution in [0, 0.1) is 6.92 Å². The van der Waals surface area contributed by atoms with Crippen molar-refractivity contribution in [2.45, 2.75) is 6.92 Å². The molecule has 0 saturated carbocycles. The van der Waals surface area contributed by atoms with E-state index in [1.807, 2.05) is 25.1 Å². The first-order valence-electron chi connectivity index (χ1n) is 6.20. The number of anilines is 2. The van der Waals surface area contributed by atoms with E-state index in [0.29, 0.717) is 15.7 Å². The van der Waals surface area contributed by atoms with Crippen molar-refractivity contribution in [3.8, 4) is 0 Å². The average Bonchev–Trinajstić information content (AvgIpc) is 2.44. The van der Waals surface area contributed by atoms with Crippen molar-refractivity contribution in [1.82, 2.24) is 0 Å². The molecule has 0 saturated heterocycles. The minimum Gasteiger partial charge on any atom is -0.376 e. The molecule has 6 heteroatoms. The Morgan fingerprint density at radius 1 is 1.19 bits per heavy atom. The number of nitrogens with one attached hydrogen (secondary N) is 2. The normalized spacial score (nSPS) is 10.3. The second-order valence-electron chi connectivity index (χ2n) is 4.49. The fourth-order valence-corrected chi connectivity index (χ4v) is 2.39. The number of hydrogen-bond donors (Lipinski definition) is 2. The van der Waals surface area contributed by atoms with E-state index in [4.69, 9.17) is 23.2 Å².